The lowest BCUT2D eigenvalue weighted by molar-refractivity contribution is -0.0564. The van der Waals surface area contributed by atoms with Crippen molar-refractivity contribution in [1.29, 1.82) is 0 Å². The van der Waals surface area contributed by atoms with Crippen molar-refractivity contribution in [3.05, 3.63) is 32.3 Å². The molecule has 1 aliphatic rings. The number of nitrogens with zero attached hydrogens (tertiary/aromatic N) is 1. The van der Waals surface area contributed by atoms with E-state index in [1.807, 2.05) is 0 Å². The minimum atomic E-state index is -1.53. The summed E-state index contributed by atoms with van der Waals surface area (Å²) in [6, 6.07) is 0. The van der Waals surface area contributed by atoms with Gasteiger partial charge in [-0.25, -0.2) is 4.79 Å². The predicted molar refractivity (Wildman–Crippen MR) is 59.0 cm³/mol. The SMILES string of the molecule is Cc1c(F)c(=O)[nH]c(=O)n1C1O[C@H](CO)[C@@H](O)[C@H]1O. The van der Waals surface area contributed by atoms with E-state index in [4.69, 9.17) is 9.84 Å². The van der Waals surface area contributed by atoms with Crippen LogP contribution >= 0.6 is 0 Å². The van der Waals surface area contributed by atoms with Crippen molar-refractivity contribution in [2.75, 3.05) is 6.61 Å². The molecule has 2 rings (SSSR count). The number of ether oxygens (including phenoxy) is 1. The number of hydrogen-bond acceptors (Lipinski definition) is 6. The van der Waals surface area contributed by atoms with Gasteiger partial charge in [0, 0.05) is 0 Å². The molecule has 0 saturated carbocycles. The van der Waals surface area contributed by atoms with Gasteiger partial charge >= 0.3 is 5.69 Å². The lowest BCUT2D eigenvalue weighted by Crippen LogP contribution is -2.40. The molecule has 0 bridgehead atoms. The third kappa shape index (κ3) is 2.10. The number of halogens is 1. The average molecular weight is 276 g/mol. The number of aliphatic hydroxyl groups excluding tert-OH is 3. The summed E-state index contributed by atoms with van der Waals surface area (Å²) >= 11 is 0. The summed E-state index contributed by atoms with van der Waals surface area (Å²) in [6.07, 6.45) is -5.43. The maximum Gasteiger partial charge on any atom is 0.330 e. The highest BCUT2D eigenvalue weighted by atomic mass is 19.1. The second-order valence-corrected chi connectivity index (χ2v) is 4.26. The van der Waals surface area contributed by atoms with Crippen molar-refractivity contribution >= 4 is 0 Å². The summed E-state index contributed by atoms with van der Waals surface area (Å²) < 4.78 is 19.3. The van der Waals surface area contributed by atoms with Crippen molar-refractivity contribution in [3.63, 3.8) is 0 Å². The summed E-state index contributed by atoms with van der Waals surface area (Å²) in [6.45, 7) is 0.592. The number of aromatic amines is 1. The fraction of sp³-hybridized carbons (Fsp3) is 0.600. The highest BCUT2D eigenvalue weighted by Gasteiger charge is 2.44. The quantitative estimate of drug-likeness (QED) is 0.477. The summed E-state index contributed by atoms with van der Waals surface area (Å²) in [5.41, 5.74) is -2.48. The molecule has 1 unspecified atom stereocenters. The van der Waals surface area contributed by atoms with E-state index >= 15 is 0 Å². The molecule has 106 valence electrons. The zero-order valence-corrected chi connectivity index (χ0v) is 9.91. The molecule has 1 fully saturated rings. The van der Waals surface area contributed by atoms with Gasteiger partial charge in [0.15, 0.2) is 6.23 Å². The van der Waals surface area contributed by atoms with E-state index < -0.39 is 48.2 Å². The molecule has 0 aromatic carbocycles. The van der Waals surface area contributed by atoms with E-state index in [-0.39, 0.29) is 5.69 Å². The Morgan fingerprint density at radius 3 is 2.53 bits per heavy atom. The molecule has 0 amide bonds. The van der Waals surface area contributed by atoms with Crippen molar-refractivity contribution < 1.29 is 24.4 Å². The largest absolute Gasteiger partial charge is 0.394 e. The molecule has 1 saturated heterocycles. The predicted octanol–water partition coefficient (Wildman–Crippen LogP) is -2.40. The molecule has 0 spiro atoms. The molecule has 1 aromatic rings. The van der Waals surface area contributed by atoms with Crippen LogP contribution in [0.4, 0.5) is 4.39 Å². The zero-order valence-electron chi connectivity index (χ0n) is 9.91. The fourth-order valence-electron chi connectivity index (χ4n) is 2.03. The lowest BCUT2D eigenvalue weighted by atomic mass is 10.1. The molecule has 4 N–H and O–H groups in total. The van der Waals surface area contributed by atoms with Gasteiger partial charge in [0.2, 0.25) is 5.82 Å². The van der Waals surface area contributed by atoms with Crippen LogP contribution in [0, 0.1) is 12.7 Å². The Bertz CT molecular complexity index is 597. The van der Waals surface area contributed by atoms with Gasteiger partial charge in [-0.1, -0.05) is 0 Å². The van der Waals surface area contributed by atoms with Gasteiger partial charge in [0.05, 0.1) is 12.3 Å². The summed E-state index contributed by atoms with van der Waals surface area (Å²) in [7, 11) is 0. The van der Waals surface area contributed by atoms with Crippen LogP contribution in [-0.4, -0.2) is 49.8 Å². The van der Waals surface area contributed by atoms with Crippen LogP contribution in [0.3, 0.4) is 0 Å². The zero-order chi connectivity index (χ0) is 14.3. The highest BCUT2D eigenvalue weighted by molar-refractivity contribution is 5.05. The van der Waals surface area contributed by atoms with Crippen LogP contribution in [0.2, 0.25) is 0 Å². The molecule has 8 nitrogen and oxygen atoms in total. The third-order valence-corrected chi connectivity index (χ3v) is 3.09. The molecular weight excluding hydrogens is 263 g/mol. The standard InChI is InChI=1S/C10H13FN2O6/c1-3-5(11)8(17)12-10(18)13(3)9-7(16)6(15)4(2-14)19-9/h4,6-7,9,14-16H,2H2,1H3,(H,12,17,18)/t4-,6-,7-,9?/m1/s1. The summed E-state index contributed by atoms with van der Waals surface area (Å²) in [5.74, 6) is -1.18. The van der Waals surface area contributed by atoms with Gasteiger partial charge < -0.3 is 20.1 Å². The van der Waals surface area contributed by atoms with E-state index in [1.165, 1.54) is 6.92 Å². The lowest BCUT2D eigenvalue weighted by Gasteiger charge is -2.19. The second-order valence-electron chi connectivity index (χ2n) is 4.26. The number of aliphatic hydroxyl groups is 3. The van der Waals surface area contributed by atoms with E-state index in [2.05, 4.69) is 0 Å². The Morgan fingerprint density at radius 2 is 2.00 bits per heavy atom. The molecule has 0 radical (unpaired) electrons. The van der Waals surface area contributed by atoms with Gasteiger partial charge in [0.1, 0.15) is 18.3 Å². The van der Waals surface area contributed by atoms with Crippen molar-refractivity contribution in [2.24, 2.45) is 0 Å². The minimum absolute atomic E-state index is 0.330. The van der Waals surface area contributed by atoms with Gasteiger partial charge in [-0.3, -0.25) is 14.3 Å². The Labute approximate surface area is 105 Å². The van der Waals surface area contributed by atoms with Crippen molar-refractivity contribution in [1.82, 2.24) is 9.55 Å². The Hall–Kier alpha value is -1.55. The molecule has 4 atom stereocenters. The Morgan fingerprint density at radius 1 is 1.37 bits per heavy atom. The van der Waals surface area contributed by atoms with Crippen molar-refractivity contribution in [2.45, 2.75) is 31.5 Å². The Balaban J connectivity index is 2.52. The first-order valence-corrected chi connectivity index (χ1v) is 5.51. The number of aromatic nitrogens is 2. The van der Waals surface area contributed by atoms with Gasteiger partial charge in [0.25, 0.3) is 5.56 Å². The number of nitrogens with one attached hydrogen (secondary N) is 1. The average Bonchev–Trinajstić information content (AvgIpc) is 2.64. The fourth-order valence-corrected chi connectivity index (χ4v) is 2.03. The van der Waals surface area contributed by atoms with E-state index in [9.17, 15) is 24.2 Å². The number of H-pyrrole nitrogens is 1. The van der Waals surface area contributed by atoms with Crippen LogP contribution in [0.25, 0.3) is 0 Å². The number of rotatable bonds is 2. The maximum absolute atomic E-state index is 13.5. The highest BCUT2D eigenvalue weighted by Crippen LogP contribution is 2.28. The molecular formula is C10H13FN2O6. The summed E-state index contributed by atoms with van der Waals surface area (Å²) in [4.78, 5) is 24.4. The Kier molecular flexibility index (Phi) is 3.54. The topological polar surface area (TPSA) is 125 Å². The minimum Gasteiger partial charge on any atom is -0.394 e. The second kappa shape index (κ2) is 4.85. The van der Waals surface area contributed by atoms with Crippen LogP contribution < -0.4 is 11.2 Å². The molecule has 9 heteroatoms. The van der Waals surface area contributed by atoms with Crippen molar-refractivity contribution in [3.8, 4) is 0 Å². The molecule has 1 aliphatic heterocycles. The van der Waals surface area contributed by atoms with Gasteiger partial charge in [-0.05, 0) is 6.92 Å². The third-order valence-electron chi connectivity index (χ3n) is 3.09. The van der Waals surface area contributed by atoms with E-state index in [1.54, 1.807) is 4.98 Å². The smallest absolute Gasteiger partial charge is 0.330 e. The van der Waals surface area contributed by atoms with Gasteiger partial charge in [-0.15, -0.1) is 0 Å². The first kappa shape index (κ1) is 13.9. The maximum atomic E-state index is 13.5. The normalized spacial score (nSPS) is 30.8. The van der Waals surface area contributed by atoms with E-state index in [0.717, 1.165) is 0 Å². The molecule has 2 heterocycles. The summed E-state index contributed by atoms with van der Waals surface area (Å²) in [5, 5.41) is 28.3. The van der Waals surface area contributed by atoms with Crippen LogP contribution in [0.1, 0.15) is 11.9 Å². The van der Waals surface area contributed by atoms with E-state index in [0.29, 0.717) is 4.57 Å². The first-order valence-electron chi connectivity index (χ1n) is 5.51. The van der Waals surface area contributed by atoms with Crippen LogP contribution in [-0.2, 0) is 4.74 Å². The monoisotopic (exact) mass is 276 g/mol. The van der Waals surface area contributed by atoms with Crippen LogP contribution in [0.15, 0.2) is 9.59 Å². The first-order chi connectivity index (χ1) is 8.88. The van der Waals surface area contributed by atoms with Gasteiger partial charge in [-0.2, -0.15) is 4.39 Å². The molecule has 0 aliphatic carbocycles. The number of hydrogen-bond donors (Lipinski definition) is 4. The molecule has 19 heavy (non-hydrogen) atoms. The molecule has 1 aromatic heterocycles. The van der Waals surface area contributed by atoms with Crippen LogP contribution in [0.5, 0.6) is 0 Å².